The fourth-order valence-corrected chi connectivity index (χ4v) is 3.12. The molecule has 5 heteroatoms. The molecule has 0 radical (unpaired) electrons. The van der Waals surface area contributed by atoms with Crippen molar-refractivity contribution in [2.75, 3.05) is 13.2 Å². The predicted octanol–water partition coefficient (Wildman–Crippen LogP) is 3.49. The van der Waals surface area contributed by atoms with Crippen molar-refractivity contribution in [3.05, 3.63) is 58.1 Å². The highest BCUT2D eigenvalue weighted by molar-refractivity contribution is 9.10. The Morgan fingerprint density at radius 3 is 2.68 bits per heavy atom. The molecule has 0 aromatic heterocycles. The van der Waals surface area contributed by atoms with Crippen LogP contribution in [-0.2, 0) is 0 Å². The van der Waals surface area contributed by atoms with Crippen molar-refractivity contribution in [2.24, 2.45) is 0 Å². The van der Waals surface area contributed by atoms with Gasteiger partial charge in [-0.2, -0.15) is 0 Å². The first-order chi connectivity index (χ1) is 10.7. The number of hydrogen-bond acceptors (Lipinski definition) is 4. The molecule has 1 aliphatic rings. The lowest BCUT2D eigenvalue weighted by atomic mass is 9.88. The number of phenolic OH excluding ortho intramolecular Hbond substituents is 1. The minimum Gasteiger partial charge on any atom is -0.507 e. The number of phenols is 1. The molecule has 2 aromatic carbocycles. The van der Waals surface area contributed by atoms with E-state index in [0.29, 0.717) is 12.4 Å². The maximum Gasteiger partial charge on any atom is 0.124 e. The SMILES string of the molecule is CCOc1ccc(C2NNCC2c2ccc(Br)cc2)c(O)c1. The van der Waals surface area contributed by atoms with Gasteiger partial charge in [0.15, 0.2) is 0 Å². The number of benzene rings is 2. The van der Waals surface area contributed by atoms with Crippen molar-refractivity contribution in [2.45, 2.75) is 18.9 Å². The molecule has 0 bridgehead atoms. The standard InChI is InChI=1S/C17H19BrN2O2/c1-2-22-13-7-8-14(16(21)9-13)17-15(10-19-20-17)11-3-5-12(18)6-4-11/h3-9,15,17,19-21H,2,10H2,1H3. The molecule has 22 heavy (non-hydrogen) atoms. The maximum atomic E-state index is 10.3. The summed E-state index contributed by atoms with van der Waals surface area (Å²) in [4.78, 5) is 0. The Hall–Kier alpha value is -1.56. The third kappa shape index (κ3) is 3.11. The average molecular weight is 363 g/mol. The third-order valence-electron chi connectivity index (χ3n) is 3.93. The van der Waals surface area contributed by atoms with Crippen LogP contribution >= 0.6 is 15.9 Å². The van der Waals surface area contributed by atoms with E-state index < -0.39 is 0 Å². The van der Waals surface area contributed by atoms with Gasteiger partial charge in [0.05, 0.1) is 12.6 Å². The second-order valence-electron chi connectivity index (χ2n) is 5.31. The fourth-order valence-electron chi connectivity index (χ4n) is 2.85. The molecule has 3 N–H and O–H groups in total. The molecule has 1 aliphatic heterocycles. The average Bonchev–Trinajstić information content (AvgIpc) is 2.98. The number of halogens is 1. The van der Waals surface area contributed by atoms with Crippen molar-refractivity contribution in [3.8, 4) is 11.5 Å². The first kappa shape index (κ1) is 15.3. The maximum absolute atomic E-state index is 10.3. The molecule has 0 spiro atoms. The Kier molecular flexibility index (Phi) is 4.66. The second-order valence-corrected chi connectivity index (χ2v) is 6.23. The highest BCUT2D eigenvalue weighted by atomic mass is 79.9. The Bertz CT molecular complexity index is 646. The Morgan fingerprint density at radius 1 is 1.23 bits per heavy atom. The van der Waals surface area contributed by atoms with Crippen LogP contribution in [0.1, 0.15) is 30.0 Å². The summed E-state index contributed by atoms with van der Waals surface area (Å²) in [6.45, 7) is 3.33. The van der Waals surface area contributed by atoms with Gasteiger partial charge in [0, 0.05) is 28.6 Å². The number of aromatic hydroxyl groups is 1. The van der Waals surface area contributed by atoms with E-state index in [1.165, 1.54) is 5.56 Å². The van der Waals surface area contributed by atoms with Gasteiger partial charge in [-0.3, -0.25) is 5.43 Å². The summed E-state index contributed by atoms with van der Waals surface area (Å²) in [5.41, 5.74) is 8.57. The highest BCUT2D eigenvalue weighted by Crippen LogP contribution is 2.38. The monoisotopic (exact) mass is 362 g/mol. The Labute approximate surface area is 138 Å². The van der Waals surface area contributed by atoms with Crippen LogP contribution in [0.15, 0.2) is 46.9 Å². The van der Waals surface area contributed by atoms with Gasteiger partial charge in [-0.25, -0.2) is 5.43 Å². The van der Waals surface area contributed by atoms with Gasteiger partial charge in [0.25, 0.3) is 0 Å². The molecule has 1 saturated heterocycles. The number of ether oxygens (including phenoxy) is 1. The molecule has 0 saturated carbocycles. The van der Waals surface area contributed by atoms with E-state index in [-0.39, 0.29) is 17.7 Å². The minimum atomic E-state index is 0.0249. The van der Waals surface area contributed by atoms with Crippen LogP contribution in [0.5, 0.6) is 11.5 Å². The molecule has 2 aromatic rings. The predicted molar refractivity (Wildman–Crippen MR) is 90.0 cm³/mol. The van der Waals surface area contributed by atoms with Crippen molar-refractivity contribution in [1.82, 2.24) is 10.9 Å². The quantitative estimate of drug-likeness (QED) is 0.779. The number of hydrogen-bond donors (Lipinski definition) is 3. The van der Waals surface area contributed by atoms with Crippen molar-refractivity contribution >= 4 is 15.9 Å². The lowest BCUT2D eigenvalue weighted by Crippen LogP contribution is -2.25. The molecule has 0 amide bonds. The van der Waals surface area contributed by atoms with Crippen LogP contribution in [0.4, 0.5) is 0 Å². The number of rotatable bonds is 4. The van der Waals surface area contributed by atoms with Gasteiger partial charge in [-0.1, -0.05) is 34.1 Å². The summed E-state index contributed by atoms with van der Waals surface area (Å²) in [5.74, 6) is 1.21. The fraction of sp³-hybridized carbons (Fsp3) is 0.294. The molecular weight excluding hydrogens is 344 g/mol. The van der Waals surface area contributed by atoms with E-state index >= 15 is 0 Å². The molecule has 1 heterocycles. The molecular formula is C17H19BrN2O2. The molecule has 116 valence electrons. The minimum absolute atomic E-state index is 0.0249. The summed E-state index contributed by atoms with van der Waals surface area (Å²) in [5, 5.41) is 10.3. The summed E-state index contributed by atoms with van der Waals surface area (Å²) >= 11 is 3.46. The van der Waals surface area contributed by atoms with Crippen LogP contribution < -0.4 is 15.6 Å². The lowest BCUT2D eigenvalue weighted by molar-refractivity contribution is 0.336. The van der Waals surface area contributed by atoms with Gasteiger partial charge in [0.2, 0.25) is 0 Å². The first-order valence-electron chi connectivity index (χ1n) is 7.38. The van der Waals surface area contributed by atoms with Gasteiger partial charge in [0.1, 0.15) is 11.5 Å². The van der Waals surface area contributed by atoms with E-state index in [4.69, 9.17) is 4.74 Å². The molecule has 4 nitrogen and oxygen atoms in total. The third-order valence-corrected chi connectivity index (χ3v) is 4.46. The van der Waals surface area contributed by atoms with Crippen LogP contribution in [0.3, 0.4) is 0 Å². The molecule has 2 unspecified atom stereocenters. The number of nitrogens with one attached hydrogen (secondary N) is 2. The lowest BCUT2D eigenvalue weighted by Gasteiger charge is -2.20. The van der Waals surface area contributed by atoms with E-state index in [1.54, 1.807) is 6.07 Å². The Morgan fingerprint density at radius 2 is 2.00 bits per heavy atom. The van der Waals surface area contributed by atoms with Crippen LogP contribution in [0.2, 0.25) is 0 Å². The number of hydrazine groups is 1. The Balaban J connectivity index is 1.88. The van der Waals surface area contributed by atoms with Crippen LogP contribution in [0.25, 0.3) is 0 Å². The van der Waals surface area contributed by atoms with Crippen molar-refractivity contribution in [3.63, 3.8) is 0 Å². The summed E-state index contributed by atoms with van der Waals surface area (Å²) in [7, 11) is 0. The second kappa shape index (κ2) is 6.69. The highest BCUT2D eigenvalue weighted by Gasteiger charge is 2.31. The van der Waals surface area contributed by atoms with Gasteiger partial charge >= 0.3 is 0 Å². The zero-order valence-corrected chi connectivity index (χ0v) is 13.9. The van der Waals surface area contributed by atoms with Gasteiger partial charge < -0.3 is 9.84 Å². The largest absolute Gasteiger partial charge is 0.507 e. The van der Waals surface area contributed by atoms with Crippen molar-refractivity contribution < 1.29 is 9.84 Å². The van der Waals surface area contributed by atoms with E-state index in [0.717, 1.165) is 16.6 Å². The van der Waals surface area contributed by atoms with Crippen LogP contribution in [0, 0.1) is 0 Å². The molecule has 2 atom stereocenters. The molecule has 0 aliphatic carbocycles. The topological polar surface area (TPSA) is 53.5 Å². The zero-order valence-electron chi connectivity index (χ0n) is 12.3. The molecule has 3 rings (SSSR count). The van der Waals surface area contributed by atoms with Gasteiger partial charge in [-0.15, -0.1) is 0 Å². The first-order valence-corrected chi connectivity index (χ1v) is 8.18. The summed E-state index contributed by atoms with van der Waals surface area (Å²) < 4.78 is 6.49. The molecule has 1 fully saturated rings. The normalized spacial score (nSPS) is 21.0. The zero-order chi connectivity index (χ0) is 15.5. The smallest absolute Gasteiger partial charge is 0.124 e. The summed E-state index contributed by atoms with van der Waals surface area (Å²) in [6, 6.07) is 13.8. The van der Waals surface area contributed by atoms with Crippen molar-refractivity contribution in [1.29, 1.82) is 0 Å². The van der Waals surface area contributed by atoms with Crippen LogP contribution in [-0.4, -0.2) is 18.3 Å². The van der Waals surface area contributed by atoms with Gasteiger partial charge in [-0.05, 0) is 30.7 Å². The van der Waals surface area contributed by atoms with E-state index in [2.05, 4.69) is 38.9 Å². The summed E-state index contributed by atoms with van der Waals surface area (Å²) in [6.07, 6.45) is 0. The van der Waals surface area contributed by atoms with E-state index in [1.807, 2.05) is 31.2 Å². The van der Waals surface area contributed by atoms with E-state index in [9.17, 15) is 5.11 Å².